The highest BCUT2D eigenvalue weighted by Gasteiger charge is 2.11. The molecule has 1 aromatic carbocycles. The number of methoxy groups -OCH3 is 1. The van der Waals surface area contributed by atoms with E-state index in [9.17, 15) is 9.59 Å². The third-order valence-electron chi connectivity index (χ3n) is 2.88. The van der Waals surface area contributed by atoms with Crippen LogP contribution in [0.2, 0.25) is 0 Å². The van der Waals surface area contributed by atoms with E-state index in [-0.39, 0.29) is 18.7 Å². The quantitative estimate of drug-likeness (QED) is 0.693. The number of nitrogens with one attached hydrogen (secondary N) is 1. The molecule has 0 bridgehead atoms. The second-order valence-corrected chi connectivity index (χ2v) is 5.39. The van der Waals surface area contributed by atoms with Gasteiger partial charge in [0.25, 0.3) is 0 Å². The Bertz CT molecular complexity index is 533. The molecule has 0 aliphatic carbocycles. The number of amides is 1. The van der Waals surface area contributed by atoms with Crippen molar-refractivity contribution in [3.63, 3.8) is 0 Å². The van der Waals surface area contributed by atoms with E-state index in [0.29, 0.717) is 31.1 Å². The Morgan fingerprint density at radius 3 is 2.64 bits per heavy atom. The van der Waals surface area contributed by atoms with Crippen molar-refractivity contribution in [1.29, 1.82) is 0 Å². The van der Waals surface area contributed by atoms with Crippen LogP contribution in [0.5, 0.6) is 11.5 Å². The first-order valence-electron chi connectivity index (χ1n) is 6.95. The average molecular weight is 374 g/mol. The molecule has 0 radical (unpaired) electrons. The van der Waals surface area contributed by atoms with Gasteiger partial charge in [0.2, 0.25) is 5.91 Å². The standard InChI is InChI=1S/C15H20BrNO5/c1-3-22-15-11(16)8-10(9-12(15)21-2)6-7-17-13(18)4-5-14(19)20/h8-9H,3-7H2,1-2H3,(H,17,18)(H,19,20). The van der Waals surface area contributed by atoms with Crippen molar-refractivity contribution in [2.45, 2.75) is 26.2 Å². The maximum Gasteiger partial charge on any atom is 0.303 e. The molecule has 22 heavy (non-hydrogen) atoms. The number of halogens is 1. The molecule has 0 atom stereocenters. The van der Waals surface area contributed by atoms with E-state index in [1.807, 2.05) is 19.1 Å². The van der Waals surface area contributed by atoms with Gasteiger partial charge in [-0.3, -0.25) is 9.59 Å². The summed E-state index contributed by atoms with van der Waals surface area (Å²) in [7, 11) is 1.57. The van der Waals surface area contributed by atoms with Crippen LogP contribution in [0.25, 0.3) is 0 Å². The number of rotatable bonds is 9. The van der Waals surface area contributed by atoms with Crippen LogP contribution in [0, 0.1) is 0 Å². The fourth-order valence-electron chi connectivity index (χ4n) is 1.86. The van der Waals surface area contributed by atoms with E-state index in [4.69, 9.17) is 14.6 Å². The third kappa shape index (κ3) is 5.93. The van der Waals surface area contributed by atoms with E-state index < -0.39 is 5.97 Å². The van der Waals surface area contributed by atoms with Gasteiger partial charge in [-0.2, -0.15) is 0 Å². The first kappa shape index (κ1) is 18.3. The van der Waals surface area contributed by atoms with Gasteiger partial charge >= 0.3 is 5.97 Å². The van der Waals surface area contributed by atoms with E-state index in [0.717, 1.165) is 10.0 Å². The molecule has 2 N–H and O–H groups in total. The number of carbonyl (C=O) groups excluding carboxylic acids is 1. The Morgan fingerprint density at radius 1 is 1.32 bits per heavy atom. The molecule has 0 heterocycles. The number of aliphatic carboxylic acids is 1. The highest BCUT2D eigenvalue weighted by molar-refractivity contribution is 9.10. The van der Waals surface area contributed by atoms with E-state index >= 15 is 0 Å². The van der Waals surface area contributed by atoms with Crippen molar-refractivity contribution < 1.29 is 24.2 Å². The monoisotopic (exact) mass is 373 g/mol. The Labute approximate surface area is 137 Å². The zero-order valence-electron chi connectivity index (χ0n) is 12.6. The SMILES string of the molecule is CCOc1c(Br)cc(CCNC(=O)CCC(=O)O)cc1OC. The molecular weight excluding hydrogens is 354 g/mol. The maximum absolute atomic E-state index is 11.4. The minimum atomic E-state index is -0.977. The predicted molar refractivity (Wildman–Crippen MR) is 85.4 cm³/mol. The lowest BCUT2D eigenvalue weighted by Crippen LogP contribution is -2.26. The van der Waals surface area contributed by atoms with Crippen LogP contribution in [-0.4, -0.2) is 37.2 Å². The maximum atomic E-state index is 11.4. The normalized spacial score (nSPS) is 10.1. The number of carboxylic acid groups (broad SMARTS) is 1. The van der Waals surface area contributed by atoms with Crippen LogP contribution in [0.3, 0.4) is 0 Å². The van der Waals surface area contributed by atoms with Crippen molar-refractivity contribution >= 4 is 27.8 Å². The number of carbonyl (C=O) groups is 2. The fourth-order valence-corrected chi connectivity index (χ4v) is 2.46. The van der Waals surface area contributed by atoms with Gasteiger partial charge in [-0.15, -0.1) is 0 Å². The molecule has 0 aromatic heterocycles. The van der Waals surface area contributed by atoms with E-state index in [1.54, 1.807) is 7.11 Å². The summed E-state index contributed by atoms with van der Waals surface area (Å²) in [4.78, 5) is 21.8. The zero-order chi connectivity index (χ0) is 16.5. The van der Waals surface area contributed by atoms with Gasteiger partial charge in [-0.05, 0) is 47.0 Å². The Hall–Kier alpha value is -1.76. The lowest BCUT2D eigenvalue weighted by molar-refractivity contribution is -0.138. The first-order chi connectivity index (χ1) is 10.5. The summed E-state index contributed by atoms with van der Waals surface area (Å²) in [5, 5.41) is 11.2. The smallest absolute Gasteiger partial charge is 0.303 e. The van der Waals surface area contributed by atoms with Crippen LogP contribution in [0.15, 0.2) is 16.6 Å². The second-order valence-electron chi connectivity index (χ2n) is 4.54. The Kier molecular flexibility index (Phi) is 7.73. The summed E-state index contributed by atoms with van der Waals surface area (Å²) in [6, 6.07) is 3.77. The predicted octanol–water partition coefficient (Wildman–Crippen LogP) is 2.38. The molecule has 0 saturated heterocycles. The van der Waals surface area contributed by atoms with Gasteiger partial charge in [-0.1, -0.05) is 0 Å². The van der Waals surface area contributed by atoms with E-state index in [1.165, 1.54) is 0 Å². The van der Waals surface area contributed by atoms with Crippen molar-refractivity contribution in [3.05, 3.63) is 22.2 Å². The summed E-state index contributed by atoms with van der Waals surface area (Å²) in [6.45, 7) is 2.86. The molecule has 6 nitrogen and oxygen atoms in total. The third-order valence-corrected chi connectivity index (χ3v) is 3.47. The minimum absolute atomic E-state index is 0.00831. The Balaban J connectivity index is 2.57. The molecule has 1 rings (SSSR count). The minimum Gasteiger partial charge on any atom is -0.493 e. The van der Waals surface area contributed by atoms with E-state index in [2.05, 4.69) is 21.2 Å². The lowest BCUT2D eigenvalue weighted by Gasteiger charge is -2.13. The molecule has 7 heteroatoms. The number of carboxylic acids is 1. The summed E-state index contributed by atoms with van der Waals surface area (Å²) in [6.07, 6.45) is 0.445. The molecular formula is C15H20BrNO5. The Morgan fingerprint density at radius 2 is 2.05 bits per heavy atom. The van der Waals surface area contributed by atoms with Crippen LogP contribution >= 0.6 is 15.9 Å². The molecule has 0 fully saturated rings. The highest BCUT2D eigenvalue weighted by Crippen LogP contribution is 2.36. The molecule has 122 valence electrons. The highest BCUT2D eigenvalue weighted by atomic mass is 79.9. The molecule has 0 spiro atoms. The number of benzene rings is 1. The topological polar surface area (TPSA) is 84.9 Å². The average Bonchev–Trinajstić information content (AvgIpc) is 2.47. The molecule has 1 amide bonds. The van der Waals surface area contributed by atoms with Crippen LogP contribution in [0.1, 0.15) is 25.3 Å². The molecule has 1 aromatic rings. The van der Waals surface area contributed by atoms with Crippen LogP contribution < -0.4 is 14.8 Å². The van der Waals surface area contributed by atoms with Gasteiger partial charge in [0.1, 0.15) is 0 Å². The van der Waals surface area contributed by atoms with Crippen LogP contribution in [0.4, 0.5) is 0 Å². The molecule has 0 aliphatic rings. The first-order valence-corrected chi connectivity index (χ1v) is 7.75. The second kappa shape index (κ2) is 9.30. The molecule has 0 aliphatic heterocycles. The number of hydrogen-bond donors (Lipinski definition) is 2. The number of hydrogen-bond acceptors (Lipinski definition) is 4. The van der Waals surface area contributed by atoms with Crippen molar-refractivity contribution in [2.24, 2.45) is 0 Å². The van der Waals surface area contributed by atoms with Gasteiger partial charge in [-0.25, -0.2) is 0 Å². The summed E-state index contributed by atoms with van der Waals surface area (Å²) >= 11 is 3.44. The molecule has 0 unspecified atom stereocenters. The van der Waals surface area contributed by atoms with Gasteiger partial charge < -0.3 is 19.9 Å². The number of ether oxygens (including phenoxy) is 2. The van der Waals surface area contributed by atoms with Crippen molar-refractivity contribution in [1.82, 2.24) is 5.32 Å². The van der Waals surface area contributed by atoms with Gasteiger partial charge in [0.15, 0.2) is 11.5 Å². The van der Waals surface area contributed by atoms with Crippen molar-refractivity contribution in [3.8, 4) is 11.5 Å². The lowest BCUT2D eigenvalue weighted by atomic mass is 10.1. The summed E-state index contributed by atoms with van der Waals surface area (Å²) < 4.78 is 11.6. The van der Waals surface area contributed by atoms with Gasteiger partial charge in [0, 0.05) is 13.0 Å². The fraction of sp³-hybridized carbons (Fsp3) is 0.467. The van der Waals surface area contributed by atoms with Crippen molar-refractivity contribution in [2.75, 3.05) is 20.3 Å². The molecule has 0 saturated carbocycles. The summed E-state index contributed by atoms with van der Waals surface area (Å²) in [5.41, 5.74) is 0.978. The zero-order valence-corrected chi connectivity index (χ0v) is 14.2. The largest absolute Gasteiger partial charge is 0.493 e. The van der Waals surface area contributed by atoms with Crippen LogP contribution in [-0.2, 0) is 16.0 Å². The van der Waals surface area contributed by atoms with Gasteiger partial charge in [0.05, 0.1) is 24.6 Å². The summed E-state index contributed by atoms with van der Waals surface area (Å²) in [5.74, 6) is 0.0392.